The Hall–Kier alpha value is -0.760. The van der Waals surface area contributed by atoms with E-state index in [0.29, 0.717) is 18.9 Å². The summed E-state index contributed by atoms with van der Waals surface area (Å²) >= 11 is 0. The van der Waals surface area contributed by atoms with Crippen molar-refractivity contribution in [2.45, 2.75) is 64.1 Å². The van der Waals surface area contributed by atoms with Crippen LogP contribution in [0.25, 0.3) is 0 Å². The fourth-order valence-electron chi connectivity index (χ4n) is 4.03. The van der Waals surface area contributed by atoms with Gasteiger partial charge in [0.1, 0.15) is 0 Å². The van der Waals surface area contributed by atoms with Gasteiger partial charge >= 0.3 is 6.18 Å². The van der Waals surface area contributed by atoms with Gasteiger partial charge in [0.25, 0.3) is 0 Å². The highest BCUT2D eigenvalue weighted by Gasteiger charge is 2.44. The van der Waals surface area contributed by atoms with Crippen LogP contribution in [0.3, 0.4) is 0 Å². The van der Waals surface area contributed by atoms with Crippen molar-refractivity contribution in [2.24, 2.45) is 17.8 Å². The second kappa shape index (κ2) is 7.00. The van der Waals surface area contributed by atoms with Gasteiger partial charge in [0.2, 0.25) is 0 Å². The van der Waals surface area contributed by atoms with Gasteiger partial charge in [-0.3, -0.25) is 4.90 Å². The quantitative estimate of drug-likeness (QED) is 0.774. The molecule has 1 heterocycles. The van der Waals surface area contributed by atoms with E-state index in [1.165, 1.54) is 0 Å². The van der Waals surface area contributed by atoms with Crippen molar-refractivity contribution in [3.63, 3.8) is 0 Å². The minimum Gasteiger partial charge on any atom is -0.298 e. The first kappa shape index (κ1) is 16.6. The molecule has 1 saturated heterocycles. The highest BCUT2D eigenvalue weighted by molar-refractivity contribution is 4.99. The Kier molecular flexibility index (Phi) is 5.54. The van der Waals surface area contributed by atoms with Crippen LogP contribution in [0, 0.1) is 29.1 Å². The van der Waals surface area contributed by atoms with Gasteiger partial charge in [0.15, 0.2) is 0 Å². The van der Waals surface area contributed by atoms with Gasteiger partial charge in [-0.2, -0.15) is 18.4 Å². The summed E-state index contributed by atoms with van der Waals surface area (Å²) in [6.45, 7) is 2.95. The van der Waals surface area contributed by atoms with Gasteiger partial charge < -0.3 is 0 Å². The van der Waals surface area contributed by atoms with Gasteiger partial charge in [0, 0.05) is 12.6 Å². The largest absolute Gasteiger partial charge is 0.393 e. The maximum absolute atomic E-state index is 13.0. The number of likely N-dealkylation sites (tertiary alicyclic amines) is 1. The van der Waals surface area contributed by atoms with E-state index >= 15 is 0 Å². The van der Waals surface area contributed by atoms with Crippen molar-refractivity contribution < 1.29 is 13.2 Å². The lowest BCUT2D eigenvalue weighted by molar-refractivity contribution is -0.190. The molecule has 1 aliphatic heterocycles. The first-order valence-corrected chi connectivity index (χ1v) is 8.16. The first-order valence-electron chi connectivity index (χ1n) is 8.16. The molecule has 2 fully saturated rings. The number of halogens is 3. The summed E-state index contributed by atoms with van der Waals surface area (Å²) in [6.07, 6.45) is 1.78. The SMILES string of the molecule is CCCC1CCC(C#N)C(N2CCCC(C(F)(F)F)C2)C1. The third-order valence-electron chi connectivity index (χ3n) is 5.17. The van der Waals surface area contributed by atoms with Gasteiger partial charge in [-0.05, 0) is 44.6 Å². The first-order chi connectivity index (χ1) is 9.95. The molecule has 21 heavy (non-hydrogen) atoms. The molecule has 1 aliphatic carbocycles. The van der Waals surface area contributed by atoms with Crippen molar-refractivity contribution in [1.29, 1.82) is 5.26 Å². The third kappa shape index (κ3) is 4.12. The molecular formula is C16H25F3N2. The summed E-state index contributed by atoms with van der Waals surface area (Å²) in [5.74, 6) is -0.724. The Morgan fingerprint density at radius 2 is 2.00 bits per heavy atom. The molecule has 0 amide bonds. The normalized spacial score (nSPS) is 35.4. The van der Waals surface area contributed by atoms with Crippen molar-refractivity contribution in [3.05, 3.63) is 0 Å². The number of hydrogen-bond donors (Lipinski definition) is 0. The highest BCUT2D eigenvalue weighted by atomic mass is 19.4. The zero-order valence-electron chi connectivity index (χ0n) is 12.7. The summed E-state index contributed by atoms with van der Waals surface area (Å²) in [5.41, 5.74) is 0. The monoisotopic (exact) mass is 302 g/mol. The highest BCUT2D eigenvalue weighted by Crippen LogP contribution is 2.39. The van der Waals surface area contributed by atoms with Crippen molar-refractivity contribution in [1.82, 2.24) is 4.90 Å². The summed E-state index contributed by atoms with van der Waals surface area (Å²) in [7, 11) is 0. The van der Waals surface area contributed by atoms with E-state index in [4.69, 9.17) is 0 Å². The van der Waals surface area contributed by atoms with Crippen LogP contribution in [-0.2, 0) is 0 Å². The molecule has 120 valence electrons. The molecule has 5 heteroatoms. The molecule has 0 aromatic rings. The van der Waals surface area contributed by atoms with Crippen LogP contribution in [0.1, 0.15) is 51.9 Å². The van der Waals surface area contributed by atoms with E-state index in [1.54, 1.807) is 0 Å². The number of rotatable bonds is 3. The number of hydrogen-bond acceptors (Lipinski definition) is 2. The number of piperidine rings is 1. The second-order valence-electron chi connectivity index (χ2n) is 6.65. The number of nitriles is 1. The number of alkyl halides is 3. The van der Waals surface area contributed by atoms with Gasteiger partial charge in [-0.25, -0.2) is 0 Å². The second-order valence-corrected chi connectivity index (χ2v) is 6.65. The lowest BCUT2D eigenvalue weighted by Crippen LogP contribution is -2.50. The molecule has 2 nitrogen and oxygen atoms in total. The molecule has 0 aromatic heterocycles. The molecule has 0 spiro atoms. The smallest absolute Gasteiger partial charge is 0.298 e. The van der Waals surface area contributed by atoms with E-state index in [-0.39, 0.29) is 24.9 Å². The molecule has 4 unspecified atom stereocenters. The van der Waals surface area contributed by atoms with E-state index < -0.39 is 12.1 Å². The Bertz CT molecular complexity index is 375. The third-order valence-corrected chi connectivity index (χ3v) is 5.17. The van der Waals surface area contributed by atoms with Crippen LogP contribution in [0.5, 0.6) is 0 Å². The standard InChI is InChI=1S/C16H25F3N2/c1-2-4-12-6-7-13(10-20)15(9-12)21-8-3-5-14(11-21)16(17,18)19/h12-15H,2-9,11H2,1H3. The minimum atomic E-state index is -4.10. The Morgan fingerprint density at radius 1 is 1.24 bits per heavy atom. The van der Waals surface area contributed by atoms with Gasteiger partial charge in [0.05, 0.1) is 17.9 Å². The van der Waals surface area contributed by atoms with Crippen LogP contribution >= 0.6 is 0 Å². The molecule has 0 N–H and O–H groups in total. The molecule has 0 aromatic carbocycles. The summed E-state index contributed by atoms with van der Waals surface area (Å²) in [6, 6.07) is 2.38. The van der Waals surface area contributed by atoms with E-state index in [1.807, 2.05) is 4.90 Å². The van der Waals surface area contributed by atoms with Crippen molar-refractivity contribution >= 4 is 0 Å². The van der Waals surface area contributed by atoms with E-state index in [9.17, 15) is 18.4 Å². The minimum absolute atomic E-state index is 0.0328. The fraction of sp³-hybridized carbons (Fsp3) is 0.938. The Morgan fingerprint density at radius 3 is 2.62 bits per heavy atom. The maximum Gasteiger partial charge on any atom is 0.393 e. The van der Waals surface area contributed by atoms with Crippen LogP contribution in [0.2, 0.25) is 0 Å². The van der Waals surface area contributed by atoms with Crippen LogP contribution in [-0.4, -0.2) is 30.2 Å². The summed E-state index contributed by atoms with van der Waals surface area (Å²) in [4.78, 5) is 1.97. The van der Waals surface area contributed by atoms with E-state index in [2.05, 4.69) is 13.0 Å². The zero-order valence-corrected chi connectivity index (χ0v) is 12.7. The number of nitrogens with zero attached hydrogens (tertiary/aromatic N) is 2. The average Bonchev–Trinajstić information content (AvgIpc) is 2.47. The van der Waals surface area contributed by atoms with Gasteiger partial charge in [-0.1, -0.05) is 19.8 Å². The van der Waals surface area contributed by atoms with E-state index in [0.717, 1.165) is 32.1 Å². The zero-order chi connectivity index (χ0) is 15.5. The summed E-state index contributed by atoms with van der Waals surface area (Å²) < 4.78 is 38.9. The maximum atomic E-state index is 13.0. The Balaban J connectivity index is 2.04. The lowest BCUT2D eigenvalue weighted by atomic mass is 9.75. The molecule has 0 radical (unpaired) electrons. The van der Waals surface area contributed by atoms with Crippen molar-refractivity contribution in [2.75, 3.05) is 13.1 Å². The molecule has 4 atom stereocenters. The van der Waals surface area contributed by atoms with Crippen LogP contribution in [0.15, 0.2) is 0 Å². The predicted octanol–water partition coefficient (Wildman–Crippen LogP) is 4.37. The predicted molar refractivity (Wildman–Crippen MR) is 75.5 cm³/mol. The summed E-state index contributed by atoms with van der Waals surface area (Å²) in [5, 5.41) is 9.34. The molecule has 0 bridgehead atoms. The lowest BCUT2D eigenvalue weighted by Gasteiger charge is -2.44. The molecule has 1 saturated carbocycles. The van der Waals surface area contributed by atoms with Crippen LogP contribution < -0.4 is 0 Å². The Labute approximate surface area is 125 Å². The topological polar surface area (TPSA) is 27.0 Å². The molecular weight excluding hydrogens is 277 g/mol. The molecule has 2 rings (SSSR count). The fourth-order valence-corrected chi connectivity index (χ4v) is 4.03. The molecule has 2 aliphatic rings. The van der Waals surface area contributed by atoms with Crippen LogP contribution in [0.4, 0.5) is 13.2 Å². The average molecular weight is 302 g/mol. The van der Waals surface area contributed by atoms with Crippen molar-refractivity contribution in [3.8, 4) is 6.07 Å². The van der Waals surface area contributed by atoms with Gasteiger partial charge in [-0.15, -0.1) is 0 Å².